The van der Waals surface area contributed by atoms with Crippen molar-refractivity contribution in [3.8, 4) is 0 Å². The number of benzene rings is 2. The summed E-state index contributed by atoms with van der Waals surface area (Å²) in [6.07, 6.45) is 4.99. The molecule has 1 atom stereocenters. The Morgan fingerprint density at radius 2 is 1.80 bits per heavy atom. The van der Waals surface area contributed by atoms with Gasteiger partial charge in [0.05, 0.1) is 6.04 Å². The second-order valence-corrected chi connectivity index (χ2v) is 7.87. The highest BCUT2D eigenvalue weighted by Crippen LogP contribution is 2.31. The maximum absolute atomic E-state index is 12.5. The summed E-state index contributed by atoms with van der Waals surface area (Å²) < 4.78 is 2.16. The second kappa shape index (κ2) is 9.72. The van der Waals surface area contributed by atoms with Gasteiger partial charge >= 0.3 is 0 Å². The maximum Gasteiger partial charge on any atom is 0.271 e. The van der Waals surface area contributed by atoms with Crippen LogP contribution in [0.3, 0.4) is 0 Å². The van der Waals surface area contributed by atoms with Gasteiger partial charge in [-0.3, -0.25) is 9.69 Å². The van der Waals surface area contributed by atoms with E-state index in [1.807, 2.05) is 12.3 Å². The number of nitrogens with zero attached hydrogens (tertiary/aromatic N) is 3. The van der Waals surface area contributed by atoms with Gasteiger partial charge in [-0.05, 0) is 36.9 Å². The zero-order valence-corrected chi connectivity index (χ0v) is 17.6. The van der Waals surface area contributed by atoms with Gasteiger partial charge in [0.25, 0.3) is 5.91 Å². The molecule has 1 aromatic heterocycles. The molecule has 0 aliphatic carbocycles. The third-order valence-electron chi connectivity index (χ3n) is 5.68. The minimum Gasteiger partial charge on any atom is -0.351 e. The average molecular weight is 403 g/mol. The van der Waals surface area contributed by atoms with Gasteiger partial charge in [0.15, 0.2) is 0 Å². The van der Waals surface area contributed by atoms with Crippen molar-refractivity contribution in [2.24, 2.45) is 0 Å². The molecule has 4 rings (SSSR count). The summed E-state index contributed by atoms with van der Waals surface area (Å²) in [5.74, 6) is 0.884. The molecular weight excluding hydrogens is 372 g/mol. The van der Waals surface area contributed by atoms with Crippen molar-refractivity contribution in [2.75, 3.05) is 19.6 Å². The quantitative estimate of drug-likeness (QED) is 0.618. The molecule has 5 nitrogen and oxygen atoms in total. The van der Waals surface area contributed by atoms with Crippen molar-refractivity contribution >= 4 is 5.91 Å². The van der Waals surface area contributed by atoms with Crippen LogP contribution in [0.2, 0.25) is 0 Å². The maximum atomic E-state index is 12.5. The molecule has 1 unspecified atom stereocenters. The summed E-state index contributed by atoms with van der Waals surface area (Å²) in [7, 11) is 0. The summed E-state index contributed by atoms with van der Waals surface area (Å²) >= 11 is 0. The molecular formula is C25H30N4O. The normalized spacial score (nSPS) is 16.2. The average Bonchev–Trinajstić information content (AvgIpc) is 3.23. The van der Waals surface area contributed by atoms with Crippen LogP contribution in [-0.4, -0.2) is 40.0 Å². The van der Waals surface area contributed by atoms with E-state index < -0.39 is 0 Å². The van der Waals surface area contributed by atoms with Gasteiger partial charge in [-0.25, -0.2) is 4.98 Å². The molecule has 156 valence electrons. The second-order valence-electron chi connectivity index (χ2n) is 7.87. The monoisotopic (exact) mass is 402 g/mol. The highest BCUT2D eigenvalue weighted by Gasteiger charge is 2.31. The Morgan fingerprint density at radius 1 is 1.07 bits per heavy atom. The van der Waals surface area contributed by atoms with Crippen molar-refractivity contribution in [1.82, 2.24) is 19.8 Å². The zero-order chi connectivity index (χ0) is 20.8. The number of hydrogen-bond donors (Lipinski definition) is 1. The molecule has 0 fully saturated rings. The number of carbonyl (C=O) groups is 1. The van der Waals surface area contributed by atoms with Crippen LogP contribution >= 0.6 is 0 Å². The van der Waals surface area contributed by atoms with Gasteiger partial charge in [-0.1, -0.05) is 67.6 Å². The van der Waals surface area contributed by atoms with Crippen LogP contribution in [-0.2, 0) is 13.0 Å². The molecule has 0 saturated heterocycles. The molecule has 1 N–H and O–H groups in total. The van der Waals surface area contributed by atoms with Gasteiger partial charge in [-0.15, -0.1) is 0 Å². The molecule has 1 aliphatic rings. The number of fused-ring (bicyclic) bond motifs is 1. The topological polar surface area (TPSA) is 50.2 Å². The SMILES string of the molecule is CCCNC(=O)c1cn2c(n1)C(c1ccccc1)N(CCCc1ccccc1)CC2. The van der Waals surface area contributed by atoms with Crippen LogP contribution < -0.4 is 5.32 Å². The Bertz CT molecular complexity index is 952. The molecule has 0 saturated carbocycles. The van der Waals surface area contributed by atoms with Crippen LogP contribution in [0.1, 0.15) is 53.2 Å². The first-order chi connectivity index (χ1) is 14.8. The van der Waals surface area contributed by atoms with E-state index in [2.05, 4.69) is 76.3 Å². The summed E-state index contributed by atoms with van der Waals surface area (Å²) in [4.78, 5) is 19.8. The first-order valence-electron chi connectivity index (χ1n) is 10.9. The molecule has 5 heteroatoms. The predicted molar refractivity (Wildman–Crippen MR) is 119 cm³/mol. The van der Waals surface area contributed by atoms with E-state index >= 15 is 0 Å². The standard InChI is InChI=1S/C25H30N4O/c1-2-15-26-25(30)22-19-29-18-17-28(16-9-12-20-10-5-3-6-11-20)23(24(29)27-22)21-13-7-4-8-14-21/h3-8,10-11,13-14,19,23H,2,9,12,15-18H2,1H3,(H,26,30). The van der Waals surface area contributed by atoms with Crippen LogP contribution in [0.4, 0.5) is 0 Å². The Labute approximate surface area is 178 Å². The molecule has 3 aromatic rings. The predicted octanol–water partition coefficient (Wildman–Crippen LogP) is 4.06. The molecule has 2 aromatic carbocycles. The number of carbonyl (C=O) groups excluding carboxylic acids is 1. The number of aryl methyl sites for hydroxylation is 1. The fourth-order valence-electron chi connectivity index (χ4n) is 4.16. The molecule has 1 aliphatic heterocycles. The van der Waals surface area contributed by atoms with E-state index in [0.717, 1.165) is 44.7 Å². The molecule has 30 heavy (non-hydrogen) atoms. The van der Waals surface area contributed by atoms with Gasteiger partial charge in [0, 0.05) is 25.8 Å². The highest BCUT2D eigenvalue weighted by molar-refractivity contribution is 5.92. The Kier molecular flexibility index (Phi) is 6.60. The van der Waals surface area contributed by atoms with Crippen molar-refractivity contribution < 1.29 is 4.79 Å². The number of imidazole rings is 1. The summed E-state index contributed by atoms with van der Waals surface area (Å²) in [6, 6.07) is 21.3. The highest BCUT2D eigenvalue weighted by atomic mass is 16.1. The Balaban J connectivity index is 1.55. The fraction of sp³-hybridized carbons (Fsp3) is 0.360. The third kappa shape index (κ3) is 4.62. The Hall–Kier alpha value is -2.92. The number of rotatable bonds is 8. The van der Waals surface area contributed by atoms with Crippen molar-refractivity contribution in [3.63, 3.8) is 0 Å². The lowest BCUT2D eigenvalue weighted by molar-refractivity contribution is 0.0949. The van der Waals surface area contributed by atoms with Crippen LogP contribution in [0, 0.1) is 0 Å². The zero-order valence-electron chi connectivity index (χ0n) is 17.6. The first-order valence-corrected chi connectivity index (χ1v) is 10.9. The summed E-state index contributed by atoms with van der Waals surface area (Å²) in [5, 5.41) is 2.95. The van der Waals surface area contributed by atoms with E-state index in [1.54, 1.807) is 0 Å². The smallest absolute Gasteiger partial charge is 0.271 e. The van der Waals surface area contributed by atoms with Crippen molar-refractivity contribution in [3.05, 3.63) is 89.5 Å². The van der Waals surface area contributed by atoms with E-state index in [-0.39, 0.29) is 11.9 Å². The largest absolute Gasteiger partial charge is 0.351 e. The number of amides is 1. The molecule has 2 heterocycles. The number of nitrogens with one attached hydrogen (secondary N) is 1. The lowest BCUT2D eigenvalue weighted by atomic mass is 10.0. The fourth-order valence-corrected chi connectivity index (χ4v) is 4.16. The lowest BCUT2D eigenvalue weighted by Crippen LogP contribution is -2.39. The van der Waals surface area contributed by atoms with E-state index in [4.69, 9.17) is 4.98 Å². The van der Waals surface area contributed by atoms with Gasteiger partial charge in [0.1, 0.15) is 11.5 Å². The van der Waals surface area contributed by atoms with Crippen LogP contribution in [0.15, 0.2) is 66.9 Å². The number of hydrogen-bond acceptors (Lipinski definition) is 3. The van der Waals surface area contributed by atoms with E-state index in [0.29, 0.717) is 12.2 Å². The minimum atomic E-state index is -0.0822. The summed E-state index contributed by atoms with van der Waals surface area (Å²) in [6.45, 7) is 5.54. The van der Waals surface area contributed by atoms with E-state index in [9.17, 15) is 4.79 Å². The summed E-state index contributed by atoms with van der Waals surface area (Å²) in [5.41, 5.74) is 3.12. The van der Waals surface area contributed by atoms with Gasteiger partial charge < -0.3 is 9.88 Å². The molecule has 1 amide bonds. The van der Waals surface area contributed by atoms with Crippen LogP contribution in [0.5, 0.6) is 0 Å². The first kappa shape index (κ1) is 20.4. The molecule has 0 radical (unpaired) electrons. The molecule has 0 bridgehead atoms. The Morgan fingerprint density at radius 3 is 2.53 bits per heavy atom. The lowest BCUT2D eigenvalue weighted by Gasteiger charge is -2.36. The van der Waals surface area contributed by atoms with Gasteiger partial charge in [0.2, 0.25) is 0 Å². The van der Waals surface area contributed by atoms with Crippen molar-refractivity contribution in [1.29, 1.82) is 0 Å². The van der Waals surface area contributed by atoms with Crippen LogP contribution in [0.25, 0.3) is 0 Å². The van der Waals surface area contributed by atoms with Gasteiger partial charge in [-0.2, -0.15) is 0 Å². The molecule has 0 spiro atoms. The van der Waals surface area contributed by atoms with Crippen molar-refractivity contribution in [2.45, 2.75) is 38.8 Å². The third-order valence-corrected chi connectivity index (χ3v) is 5.68. The minimum absolute atomic E-state index is 0.0726. The number of aromatic nitrogens is 2. The van der Waals surface area contributed by atoms with E-state index in [1.165, 1.54) is 11.1 Å².